The second kappa shape index (κ2) is 6.62. The van der Waals surface area contributed by atoms with Crippen molar-refractivity contribution >= 4 is 11.6 Å². The molecule has 0 spiro atoms. The summed E-state index contributed by atoms with van der Waals surface area (Å²) in [5.41, 5.74) is -0.484. The van der Waals surface area contributed by atoms with Crippen LogP contribution in [0.4, 0.5) is 5.69 Å². The third kappa shape index (κ3) is 4.40. The number of nitro benzene ring substituents is 1. The molecule has 1 unspecified atom stereocenters. The number of amides is 1. The standard InChI is InChI=1S/C16H18N2O5/c1-11-8-12(5-6-14(11)18(21)22)15(19)17-10-16(2,20)9-13-4-3-7-23-13/h3-8,20H,9-10H2,1-2H3,(H,17,19). The molecule has 23 heavy (non-hydrogen) atoms. The van der Waals surface area contributed by atoms with E-state index in [9.17, 15) is 20.0 Å². The Kier molecular flexibility index (Phi) is 4.80. The predicted molar refractivity (Wildman–Crippen MR) is 83.2 cm³/mol. The van der Waals surface area contributed by atoms with Crippen molar-refractivity contribution < 1.29 is 19.2 Å². The number of nitrogens with one attached hydrogen (secondary N) is 1. The zero-order valence-electron chi connectivity index (χ0n) is 12.9. The summed E-state index contributed by atoms with van der Waals surface area (Å²) in [5, 5.41) is 23.7. The molecule has 0 saturated heterocycles. The lowest BCUT2D eigenvalue weighted by atomic mass is 10.0. The minimum absolute atomic E-state index is 0.0303. The fourth-order valence-corrected chi connectivity index (χ4v) is 2.23. The van der Waals surface area contributed by atoms with Gasteiger partial charge in [-0.2, -0.15) is 0 Å². The van der Waals surface area contributed by atoms with Gasteiger partial charge in [0.1, 0.15) is 5.76 Å². The lowest BCUT2D eigenvalue weighted by Crippen LogP contribution is -2.42. The third-order valence-corrected chi connectivity index (χ3v) is 3.42. The maximum absolute atomic E-state index is 12.1. The first-order chi connectivity index (χ1) is 10.8. The Bertz CT molecular complexity index is 707. The molecule has 0 radical (unpaired) electrons. The highest BCUT2D eigenvalue weighted by Crippen LogP contribution is 2.19. The lowest BCUT2D eigenvalue weighted by molar-refractivity contribution is -0.385. The van der Waals surface area contributed by atoms with Crippen LogP contribution < -0.4 is 5.32 Å². The summed E-state index contributed by atoms with van der Waals surface area (Å²) in [6.07, 6.45) is 1.78. The van der Waals surface area contributed by atoms with Crippen molar-refractivity contribution in [2.45, 2.75) is 25.9 Å². The van der Waals surface area contributed by atoms with Gasteiger partial charge in [-0.3, -0.25) is 14.9 Å². The van der Waals surface area contributed by atoms with E-state index in [1.807, 2.05) is 0 Å². The average molecular weight is 318 g/mol. The molecule has 1 atom stereocenters. The van der Waals surface area contributed by atoms with E-state index < -0.39 is 16.4 Å². The van der Waals surface area contributed by atoms with Crippen LogP contribution in [0, 0.1) is 17.0 Å². The van der Waals surface area contributed by atoms with Crippen molar-refractivity contribution in [3.05, 3.63) is 63.6 Å². The van der Waals surface area contributed by atoms with E-state index in [2.05, 4.69) is 5.32 Å². The molecule has 0 aliphatic carbocycles. The number of nitro groups is 1. The molecule has 122 valence electrons. The third-order valence-electron chi connectivity index (χ3n) is 3.42. The predicted octanol–water partition coefficient (Wildman–Crippen LogP) is 2.22. The number of rotatable bonds is 6. The summed E-state index contributed by atoms with van der Waals surface area (Å²) in [6.45, 7) is 3.20. The highest BCUT2D eigenvalue weighted by molar-refractivity contribution is 5.94. The van der Waals surface area contributed by atoms with Crippen LogP contribution in [0.2, 0.25) is 0 Å². The molecule has 0 saturated carbocycles. The van der Waals surface area contributed by atoms with Crippen LogP contribution in [-0.4, -0.2) is 28.1 Å². The quantitative estimate of drug-likeness (QED) is 0.627. The number of aryl methyl sites for hydroxylation is 1. The number of nitrogens with zero attached hydrogens (tertiary/aromatic N) is 1. The Morgan fingerprint density at radius 2 is 2.17 bits per heavy atom. The fraction of sp³-hybridized carbons (Fsp3) is 0.312. The molecule has 1 amide bonds. The molecule has 1 heterocycles. The number of carbonyl (C=O) groups excluding carboxylic acids is 1. The summed E-state index contributed by atoms with van der Waals surface area (Å²) >= 11 is 0. The molecule has 0 fully saturated rings. The molecule has 2 aromatic rings. The molecule has 7 heteroatoms. The minimum atomic E-state index is -1.16. The zero-order valence-corrected chi connectivity index (χ0v) is 12.9. The van der Waals surface area contributed by atoms with Crippen molar-refractivity contribution in [2.75, 3.05) is 6.54 Å². The average Bonchev–Trinajstić information content (AvgIpc) is 2.96. The van der Waals surface area contributed by atoms with Gasteiger partial charge < -0.3 is 14.8 Å². The molecule has 0 aliphatic rings. The van der Waals surface area contributed by atoms with E-state index in [1.165, 1.54) is 24.5 Å². The summed E-state index contributed by atoms with van der Waals surface area (Å²) < 4.78 is 5.18. The smallest absolute Gasteiger partial charge is 0.272 e. The summed E-state index contributed by atoms with van der Waals surface area (Å²) in [5.74, 6) is 0.221. The van der Waals surface area contributed by atoms with Crippen molar-refractivity contribution in [3.8, 4) is 0 Å². The number of carbonyl (C=O) groups is 1. The second-order valence-corrected chi connectivity index (χ2v) is 5.69. The Labute approximate surface area is 133 Å². The van der Waals surface area contributed by atoms with Crippen LogP contribution in [-0.2, 0) is 6.42 Å². The van der Waals surface area contributed by atoms with Gasteiger partial charge in [0.15, 0.2) is 0 Å². The Morgan fingerprint density at radius 3 is 2.74 bits per heavy atom. The largest absolute Gasteiger partial charge is 0.469 e. The van der Waals surface area contributed by atoms with E-state index in [0.717, 1.165) is 0 Å². The van der Waals surface area contributed by atoms with Crippen molar-refractivity contribution in [1.29, 1.82) is 0 Å². The van der Waals surface area contributed by atoms with Gasteiger partial charge in [0.25, 0.3) is 11.6 Å². The van der Waals surface area contributed by atoms with Gasteiger partial charge in [-0.1, -0.05) is 0 Å². The highest BCUT2D eigenvalue weighted by Gasteiger charge is 2.24. The molecule has 2 rings (SSSR count). The zero-order chi connectivity index (χ0) is 17.0. The van der Waals surface area contributed by atoms with Gasteiger partial charge in [-0.15, -0.1) is 0 Å². The molecular formula is C16H18N2O5. The Morgan fingerprint density at radius 1 is 1.43 bits per heavy atom. The first-order valence-electron chi connectivity index (χ1n) is 7.06. The van der Waals surface area contributed by atoms with Gasteiger partial charge in [-0.25, -0.2) is 0 Å². The SMILES string of the molecule is Cc1cc(C(=O)NCC(C)(O)Cc2ccco2)ccc1[N+](=O)[O-]. The molecule has 7 nitrogen and oxygen atoms in total. The van der Waals surface area contributed by atoms with Gasteiger partial charge in [0, 0.05) is 30.2 Å². The normalized spacial score (nSPS) is 13.3. The number of hydrogen-bond acceptors (Lipinski definition) is 5. The maximum atomic E-state index is 12.1. The lowest BCUT2D eigenvalue weighted by Gasteiger charge is -2.22. The van der Waals surface area contributed by atoms with Crippen molar-refractivity contribution in [1.82, 2.24) is 5.32 Å². The summed E-state index contributed by atoms with van der Waals surface area (Å²) in [6, 6.07) is 7.61. The van der Waals surface area contributed by atoms with Crippen LogP contribution >= 0.6 is 0 Å². The highest BCUT2D eigenvalue weighted by atomic mass is 16.6. The number of hydrogen-bond donors (Lipinski definition) is 2. The summed E-state index contributed by atoms with van der Waals surface area (Å²) in [4.78, 5) is 22.4. The van der Waals surface area contributed by atoms with Crippen molar-refractivity contribution in [3.63, 3.8) is 0 Å². The summed E-state index contributed by atoms with van der Waals surface area (Å²) in [7, 11) is 0. The molecule has 0 aliphatic heterocycles. The Hall–Kier alpha value is -2.67. The number of benzene rings is 1. The van der Waals surface area contributed by atoms with E-state index in [0.29, 0.717) is 16.9 Å². The van der Waals surface area contributed by atoms with Crippen LogP contribution in [0.15, 0.2) is 41.0 Å². The first kappa shape index (κ1) is 16.7. The van der Waals surface area contributed by atoms with Gasteiger partial charge in [0.05, 0.1) is 16.8 Å². The fourth-order valence-electron chi connectivity index (χ4n) is 2.23. The van der Waals surface area contributed by atoms with E-state index >= 15 is 0 Å². The number of aliphatic hydroxyl groups is 1. The first-order valence-corrected chi connectivity index (χ1v) is 7.06. The molecule has 0 bridgehead atoms. The van der Waals surface area contributed by atoms with Crippen molar-refractivity contribution in [2.24, 2.45) is 0 Å². The van der Waals surface area contributed by atoms with Gasteiger partial charge in [0.2, 0.25) is 0 Å². The molecular weight excluding hydrogens is 300 g/mol. The Balaban J connectivity index is 1.99. The molecule has 2 N–H and O–H groups in total. The van der Waals surface area contributed by atoms with E-state index in [1.54, 1.807) is 26.0 Å². The van der Waals surface area contributed by atoms with Crippen LogP contribution in [0.25, 0.3) is 0 Å². The molecule has 1 aromatic heterocycles. The second-order valence-electron chi connectivity index (χ2n) is 5.69. The molecule has 1 aromatic carbocycles. The number of furan rings is 1. The van der Waals surface area contributed by atoms with Gasteiger partial charge >= 0.3 is 0 Å². The van der Waals surface area contributed by atoms with Gasteiger partial charge in [-0.05, 0) is 38.1 Å². The maximum Gasteiger partial charge on any atom is 0.272 e. The van der Waals surface area contributed by atoms with Crippen LogP contribution in [0.1, 0.15) is 28.6 Å². The minimum Gasteiger partial charge on any atom is -0.469 e. The van der Waals surface area contributed by atoms with Crippen LogP contribution in [0.5, 0.6) is 0 Å². The topological polar surface area (TPSA) is 106 Å². The van der Waals surface area contributed by atoms with E-state index in [-0.39, 0.29) is 18.7 Å². The van der Waals surface area contributed by atoms with E-state index in [4.69, 9.17) is 4.42 Å². The monoisotopic (exact) mass is 318 g/mol. The van der Waals surface area contributed by atoms with Crippen LogP contribution in [0.3, 0.4) is 0 Å².